The molecule has 0 aromatic carbocycles. The zero-order chi connectivity index (χ0) is 24.2. The Hall–Kier alpha value is -2.90. The van der Waals surface area contributed by atoms with E-state index < -0.39 is 17.7 Å². The summed E-state index contributed by atoms with van der Waals surface area (Å²) in [5, 5.41) is 9.98. The largest absolute Gasteiger partial charge is 0.436 e. The molecule has 0 aliphatic heterocycles. The maximum atomic E-state index is 13.3. The SMILES string of the molecule is Cc1cnn(C)c1Cc1ccnc(NC(=O)C(OC(=O)NC(C)(C)C)C2CCC(C)CC2)c1. The van der Waals surface area contributed by atoms with Gasteiger partial charge in [0.25, 0.3) is 5.91 Å². The number of ether oxygens (including phenoxy) is 1. The minimum Gasteiger partial charge on any atom is -0.436 e. The number of carbonyl (C=O) groups excluding carboxylic acids is 2. The van der Waals surface area contributed by atoms with Crippen molar-refractivity contribution in [3.63, 3.8) is 0 Å². The molecule has 180 valence electrons. The average Bonchev–Trinajstić information content (AvgIpc) is 3.04. The summed E-state index contributed by atoms with van der Waals surface area (Å²) in [6, 6.07) is 3.79. The molecule has 2 aromatic rings. The van der Waals surface area contributed by atoms with Crippen molar-refractivity contribution in [1.29, 1.82) is 0 Å². The number of aryl methyl sites for hydroxylation is 2. The fourth-order valence-electron chi connectivity index (χ4n) is 4.27. The molecule has 8 nitrogen and oxygen atoms in total. The first kappa shape index (κ1) is 24.7. The van der Waals surface area contributed by atoms with Crippen LogP contribution in [0.3, 0.4) is 0 Å². The van der Waals surface area contributed by atoms with E-state index >= 15 is 0 Å². The molecule has 1 fully saturated rings. The van der Waals surface area contributed by atoms with E-state index in [0.29, 0.717) is 18.2 Å². The summed E-state index contributed by atoms with van der Waals surface area (Å²) < 4.78 is 7.54. The third-order valence-corrected chi connectivity index (χ3v) is 6.18. The molecule has 1 saturated carbocycles. The van der Waals surface area contributed by atoms with Crippen LogP contribution in [-0.4, -0.2) is 38.4 Å². The van der Waals surface area contributed by atoms with E-state index in [1.165, 1.54) is 0 Å². The average molecular weight is 456 g/mol. The number of nitrogens with zero attached hydrogens (tertiary/aromatic N) is 3. The van der Waals surface area contributed by atoms with Crippen molar-refractivity contribution < 1.29 is 14.3 Å². The molecule has 2 heterocycles. The molecule has 33 heavy (non-hydrogen) atoms. The van der Waals surface area contributed by atoms with Gasteiger partial charge in [-0.15, -0.1) is 0 Å². The zero-order valence-corrected chi connectivity index (χ0v) is 20.6. The number of carbonyl (C=O) groups is 2. The minimum atomic E-state index is -0.857. The number of pyridine rings is 1. The van der Waals surface area contributed by atoms with Gasteiger partial charge in [0.15, 0.2) is 6.10 Å². The topological polar surface area (TPSA) is 98.1 Å². The van der Waals surface area contributed by atoms with Crippen LogP contribution in [0.25, 0.3) is 0 Å². The summed E-state index contributed by atoms with van der Waals surface area (Å²) in [6.45, 7) is 9.89. The summed E-state index contributed by atoms with van der Waals surface area (Å²) in [6.07, 6.45) is 6.54. The third kappa shape index (κ3) is 7.04. The molecule has 2 amide bonds. The number of amides is 2. The predicted octanol–water partition coefficient (Wildman–Crippen LogP) is 4.37. The molecule has 0 saturated heterocycles. The summed E-state index contributed by atoms with van der Waals surface area (Å²) >= 11 is 0. The number of anilines is 1. The molecular formula is C25H37N5O3. The molecular weight excluding hydrogens is 418 g/mol. The Bertz CT molecular complexity index is 951. The molecule has 0 spiro atoms. The number of aromatic nitrogens is 3. The Labute approximate surface area is 196 Å². The van der Waals surface area contributed by atoms with Gasteiger partial charge >= 0.3 is 6.09 Å². The maximum absolute atomic E-state index is 13.3. The van der Waals surface area contributed by atoms with Crippen molar-refractivity contribution in [3.05, 3.63) is 41.3 Å². The van der Waals surface area contributed by atoms with Crippen LogP contribution in [-0.2, 0) is 23.0 Å². The monoisotopic (exact) mass is 455 g/mol. The highest BCUT2D eigenvalue weighted by molar-refractivity contribution is 5.94. The van der Waals surface area contributed by atoms with E-state index in [1.54, 1.807) is 6.20 Å². The van der Waals surface area contributed by atoms with E-state index in [-0.39, 0.29) is 11.8 Å². The summed E-state index contributed by atoms with van der Waals surface area (Å²) in [7, 11) is 1.92. The second kappa shape index (κ2) is 10.4. The van der Waals surface area contributed by atoms with Crippen LogP contribution in [0.2, 0.25) is 0 Å². The van der Waals surface area contributed by atoms with Crippen LogP contribution in [0.1, 0.15) is 70.2 Å². The Morgan fingerprint density at radius 1 is 1.24 bits per heavy atom. The first-order valence-electron chi connectivity index (χ1n) is 11.7. The van der Waals surface area contributed by atoms with Gasteiger partial charge < -0.3 is 15.4 Å². The zero-order valence-electron chi connectivity index (χ0n) is 20.6. The normalized spacial score (nSPS) is 19.6. The second-order valence-electron chi connectivity index (χ2n) is 10.3. The van der Waals surface area contributed by atoms with Gasteiger partial charge in [0.2, 0.25) is 0 Å². The maximum Gasteiger partial charge on any atom is 0.408 e. The fourth-order valence-corrected chi connectivity index (χ4v) is 4.27. The van der Waals surface area contributed by atoms with Crippen LogP contribution in [0, 0.1) is 18.8 Å². The Balaban J connectivity index is 1.73. The molecule has 2 N–H and O–H groups in total. The lowest BCUT2D eigenvalue weighted by molar-refractivity contribution is -0.128. The highest BCUT2D eigenvalue weighted by atomic mass is 16.6. The van der Waals surface area contributed by atoms with Gasteiger partial charge in [0.05, 0.1) is 6.20 Å². The van der Waals surface area contributed by atoms with Crippen LogP contribution in [0.4, 0.5) is 10.6 Å². The van der Waals surface area contributed by atoms with Gasteiger partial charge in [-0.1, -0.05) is 19.8 Å². The smallest absolute Gasteiger partial charge is 0.408 e. The quantitative estimate of drug-likeness (QED) is 0.674. The molecule has 2 aromatic heterocycles. The first-order chi connectivity index (χ1) is 15.5. The van der Waals surface area contributed by atoms with Crippen LogP contribution >= 0.6 is 0 Å². The van der Waals surface area contributed by atoms with Crippen LogP contribution in [0.15, 0.2) is 24.5 Å². The van der Waals surface area contributed by atoms with Crippen molar-refractivity contribution in [2.24, 2.45) is 18.9 Å². The highest BCUT2D eigenvalue weighted by Crippen LogP contribution is 2.32. The van der Waals surface area contributed by atoms with E-state index in [9.17, 15) is 9.59 Å². The van der Waals surface area contributed by atoms with E-state index in [0.717, 1.165) is 42.5 Å². The minimum absolute atomic E-state index is 0.00723. The number of rotatable bonds is 6. The van der Waals surface area contributed by atoms with Gasteiger partial charge in [-0.25, -0.2) is 9.78 Å². The predicted molar refractivity (Wildman–Crippen MR) is 128 cm³/mol. The molecule has 0 radical (unpaired) electrons. The lowest BCUT2D eigenvalue weighted by atomic mass is 9.80. The van der Waals surface area contributed by atoms with Crippen LogP contribution < -0.4 is 10.6 Å². The molecule has 1 atom stereocenters. The Morgan fingerprint density at radius 2 is 1.94 bits per heavy atom. The number of nitrogens with one attached hydrogen (secondary N) is 2. The standard InChI is InChI=1S/C25H37N5O3/c1-16-7-9-19(10-8-16)22(33-24(32)29-25(3,4)5)23(31)28-21-14-18(11-12-26-21)13-20-17(2)15-27-30(20)6/h11-12,14-16,19,22H,7-10,13H2,1-6H3,(H,29,32)(H,26,28,31). The number of hydrogen-bond donors (Lipinski definition) is 2. The van der Waals surface area contributed by atoms with Gasteiger partial charge in [-0.3, -0.25) is 9.48 Å². The van der Waals surface area contributed by atoms with Gasteiger partial charge in [0.1, 0.15) is 5.82 Å². The van der Waals surface area contributed by atoms with E-state index in [1.807, 2.05) is 57.8 Å². The number of alkyl carbamates (subject to hydrolysis) is 1. The first-order valence-corrected chi connectivity index (χ1v) is 11.7. The van der Waals surface area contributed by atoms with Gasteiger partial charge in [-0.2, -0.15) is 5.10 Å². The fraction of sp³-hybridized carbons (Fsp3) is 0.600. The molecule has 8 heteroatoms. The van der Waals surface area contributed by atoms with Crippen LogP contribution in [0.5, 0.6) is 0 Å². The van der Waals surface area contributed by atoms with Gasteiger partial charge in [0, 0.05) is 36.8 Å². The van der Waals surface area contributed by atoms with Crippen molar-refractivity contribution in [1.82, 2.24) is 20.1 Å². The summed E-state index contributed by atoms with van der Waals surface area (Å²) in [4.78, 5) is 30.1. The van der Waals surface area contributed by atoms with Gasteiger partial charge in [-0.05, 0) is 69.7 Å². The molecule has 1 aliphatic carbocycles. The summed E-state index contributed by atoms with van der Waals surface area (Å²) in [5.74, 6) is 0.737. The third-order valence-electron chi connectivity index (χ3n) is 6.18. The van der Waals surface area contributed by atoms with Crippen molar-refractivity contribution in [3.8, 4) is 0 Å². The number of hydrogen-bond acceptors (Lipinski definition) is 5. The van der Waals surface area contributed by atoms with Crippen molar-refractivity contribution >= 4 is 17.8 Å². The van der Waals surface area contributed by atoms with Crippen molar-refractivity contribution in [2.45, 2.75) is 78.4 Å². The Morgan fingerprint density at radius 3 is 2.55 bits per heavy atom. The van der Waals surface area contributed by atoms with E-state index in [4.69, 9.17) is 4.74 Å². The van der Waals surface area contributed by atoms with Crippen molar-refractivity contribution in [2.75, 3.05) is 5.32 Å². The second-order valence-corrected chi connectivity index (χ2v) is 10.3. The Kier molecular flexibility index (Phi) is 7.76. The van der Waals surface area contributed by atoms with E-state index in [2.05, 4.69) is 27.6 Å². The molecule has 1 unspecified atom stereocenters. The molecule has 1 aliphatic rings. The lowest BCUT2D eigenvalue weighted by Gasteiger charge is -2.32. The molecule has 0 bridgehead atoms. The summed E-state index contributed by atoms with van der Waals surface area (Å²) in [5.41, 5.74) is 2.79. The highest BCUT2D eigenvalue weighted by Gasteiger charge is 2.35. The lowest BCUT2D eigenvalue weighted by Crippen LogP contribution is -2.47. The molecule has 3 rings (SSSR count).